The van der Waals surface area contributed by atoms with Gasteiger partial charge in [0.25, 0.3) is 5.91 Å². The first-order valence-corrected chi connectivity index (χ1v) is 8.37. The van der Waals surface area contributed by atoms with E-state index in [9.17, 15) is 4.79 Å². The highest BCUT2D eigenvalue weighted by Crippen LogP contribution is 2.36. The molecule has 0 saturated heterocycles. The van der Waals surface area contributed by atoms with E-state index in [2.05, 4.69) is 29.9 Å². The third-order valence-corrected chi connectivity index (χ3v) is 4.42. The zero-order valence-electron chi connectivity index (χ0n) is 13.8. The zero-order chi connectivity index (χ0) is 17.5. The second kappa shape index (κ2) is 5.76. The van der Waals surface area contributed by atoms with Gasteiger partial charge in [-0.2, -0.15) is 5.10 Å². The molecule has 1 amide bonds. The summed E-state index contributed by atoms with van der Waals surface area (Å²) in [6.07, 6.45) is 8.83. The molecule has 1 saturated carbocycles. The van der Waals surface area contributed by atoms with Gasteiger partial charge in [-0.25, -0.2) is 19.6 Å². The number of rotatable bonds is 4. The second-order valence-electron chi connectivity index (χ2n) is 6.29. The van der Waals surface area contributed by atoms with Gasteiger partial charge in [-0.15, -0.1) is 0 Å². The zero-order valence-corrected chi connectivity index (χ0v) is 13.8. The molecule has 8 heteroatoms. The number of amides is 1. The van der Waals surface area contributed by atoms with Crippen LogP contribution < -0.4 is 5.32 Å². The highest BCUT2D eigenvalue weighted by molar-refractivity contribution is 6.05. The number of aromatic nitrogens is 6. The lowest BCUT2D eigenvalue weighted by Gasteiger charge is -2.07. The molecule has 0 unspecified atom stereocenters. The summed E-state index contributed by atoms with van der Waals surface area (Å²) >= 11 is 0. The Morgan fingerprint density at radius 3 is 2.69 bits per heavy atom. The van der Waals surface area contributed by atoms with Crippen molar-refractivity contribution in [2.75, 3.05) is 5.32 Å². The first-order chi connectivity index (χ1) is 12.8. The average Bonchev–Trinajstić information content (AvgIpc) is 3.20. The summed E-state index contributed by atoms with van der Waals surface area (Å²) in [5.41, 5.74) is 3.63. The lowest BCUT2D eigenvalue weighted by molar-refractivity contribution is 0.102. The lowest BCUT2D eigenvalue weighted by Crippen LogP contribution is -2.12. The number of pyridine rings is 1. The number of nitrogens with zero attached hydrogens (tertiary/aromatic N) is 6. The molecule has 0 atom stereocenters. The largest absolute Gasteiger partial charge is 0.322 e. The Morgan fingerprint density at radius 1 is 1.12 bits per heavy atom. The quantitative estimate of drug-likeness (QED) is 0.614. The molecule has 4 aromatic rings. The van der Waals surface area contributed by atoms with Gasteiger partial charge in [-0.05, 0) is 43.2 Å². The normalized spacial score (nSPS) is 13.8. The van der Waals surface area contributed by atoms with E-state index in [1.165, 1.54) is 19.2 Å². The molecule has 1 aromatic carbocycles. The molecule has 1 aliphatic carbocycles. The van der Waals surface area contributed by atoms with E-state index in [1.54, 1.807) is 29.6 Å². The summed E-state index contributed by atoms with van der Waals surface area (Å²) in [7, 11) is 0. The molecule has 1 aliphatic rings. The molecule has 1 fully saturated rings. The molecule has 0 aliphatic heterocycles. The molecule has 0 spiro atoms. The molecule has 3 heterocycles. The van der Waals surface area contributed by atoms with Crippen molar-refractivity contribution in [3.05, 3.63) is 61.1 Å². The van der Waals surface area contributed by atoms with Gasteiger partial charge in [0.15, 0.2) is 5.65 Å². The first-order valence-electron chi connectivity index (χ1n) is 8.37. The second-order valence-corrected chi connectivity index (χ2v) is 6.29. The highest BCUT2D eigenvalue weighted by Gasteiger charge is 2.25. The molecule has 0 bridgehead atoms. The van der Waals surface area contributed by atoms with Crippen molar-refractivity contribution in [2.24, 2.45) is 0 Å². The summed E-state index contributed by atoms with van der Waals surface area (Å²) in [5, 5.41) is 6.95. The number of benzene rings is 1. The summed E-state index contributed by atoms with van der Waals surface area (Å²) in [5.74, 6) is -0.214. The third kappa shape index (κ3) is 2.61. The molecule has 3 aromatic heterocycles. The van der Waals surface area contributed by atoms with Crippen LogP contribution in [0.1, 0.15) is 29.2 Å². The van der Waals surface area contributed by atoms with Crippen molar-refractivity contribution in [1.29, 1.82) is 0 Å². The van der Waals surface area contributed by atoms with E-state index < -0.39 is 0 Å². The number of carbonyl (C=O) groups excluding carboxylic acids is 1. The van der Waals surface area contributed by atoms with E-state index in [0.717, 1.165) is 16.9 Å². The van der Waals surface area contributed by atoms with Crippen molar-refractivity contribution >= 4 is 22.8 Å². The number of nitrogens with one attached hydrogen (secondary N) is 1. The molecular formula is C18H15N7O. The topological polar surface area (TPSA) is 90.5 Å². The van der Waals surface area contributed by atoms with Gasteiger partial charge in [-0.3, -0.25) is 4.79 Å². The van der Waals surface area contributed by atoms with Gasteiger partial charge in [0.1, 0.15) is 18.2 Å². The lowest BCUT2D eigenvalue weighted by atomic mass is 10.2. The van der Waals surface area contributed by atoms with Crippen LogP contribution in [0.2, 0.25) is 0 Å². The Bertz CT molecular complexity index is 1080. The predicted octanol–water partition coefficient (Wildman–Crippen LogP) is 2.60. The minimum Gasteiger partial charge on any atom is -0.322 e. The summed E-state index contributed by atoms with van der Waals surface area (Å²) in [4.78, 5) is 25.2. The van der Waals surface area contributed by atoms with E-state index in [-0.39, 0.29) is 5.91 Å². The maximum atomic E-state index is 12.5. The number of fused-ring (bicyclic) bond motifs is 1. The highest BCUT2D eigenvalue weighted by atomic mass is 16.1. The van der Waals surface area contributed by atoms with Crippen LogP contribution in [-0.2, 0) is 0 Å². The summed E-state index contributed by atoms with van der Waals surface area (Å²) < 4.78 is 3.74. The fourth-order valence-corrected chi connectivity index (χ4v) is 2.91. The van der Waals surface area contributed by atoms with Crippen LogP contribution in [0.4, 0.5) is 5.69 Å². The van der Waals surface area contributed by atoms with Crippen LogP contribution >= 0.6 is 0 Å². The van der Waals surface area contributed by atoms with Crippen molar-refractivity contribution in [2.45, 2.75) is 18.9 Å². The Morgan fingerprint density at radius 2 is 1.96 bits per heavy atom. The van der Waals surface area contributed by atoms with Crippen LogP contribution in [0.25, 0.3) is 16.9 Å². The Balaban J connectivity index is 1.35. The Hall–Kier alpha value is -3.55. The summed E-state index contributed by atoms with van der Waals surface area (Å²) in [6.45, 7) is 0. The minimum absolute atomic E-state index is 0.214. The van der Waals surface area contributed by atoms with Crippen LogP contribution in [0.5, 0.6) is 0 Å². The molecule has 1 N–H and O–H groups in total. The van der Waals surface area contributed by atoms with E-state index in [1.807, 2.05) is 24.3 Å². The molecule has 0 radical (unpaired) electrons. The number of hydrogen-bond donors (Lipinski definition) is 1. The van der Waals surface area contributed by atoms with Crippen molar-refractivity contribution in [3.63, 3.8) is 0 Å². The van der Waals surface area contributed by atoms with E-state index >= 15 is 0 Å². The van der Waals surface area contributed by atoms with E-state index in [4.69, 9.17) is 0 Å². The van der Waals surface area contributed by atoms with Crippen molar-refractivity contribution < 1.29 is 4.79 Å². The third-order valence-electron chi connectivity index (χ3n) is 4.42. The molecule has 8 nitrogen and oxygen atoms in total. The minimum atomic E-state index is -0.214. The maximum absolute atomic E-state index is 12.5. The number of imidazole rings is 1. The number of anilines is 1. The predicted molar refractivity (Wildman–Crippen MR) is 95.1 cm³/mol. The standard InChI is InChI=1S/C18H15N7O/c26-18(23-13-1-3-15(4-2-13)25-10-19-9-22-25)12-7-16-17(20-8-12)24(11-21-16)14-5-6-14/h1-4,7-11,14H,5-6H2,(H,23,26). The molecular weight excluding hydrogens is 330 g/mol. The van der Waals surface area contributed by atoms with E-state index in [0.29, 0.717) is 17.3 Å². The van der Waals surface area contributed by atoms with Crippen molar-refractivity contribution in [3.8, 4) is 5.69 Å². The van der Waals surface area contributed by atoms with Gasteiger partial charge in [0, 0.05) is 17.9 Å². The molecule has 26 heavy (non-hydrogen) atoms. The number of hydrogen-bond acceptors (Lipinski definition) is 5. The van der Waals surface area contributed by atoms with Crippen LogP contribution in [0.3, 0.4) is 0 Å². The Labute approximate surface area is 148 Å². The van der Waals surface area contributed by atoms with Crippen LogP contribution in [0.15, 0.2) is 55.5 Å². The first kappa shape index (κ1) is 14.8. The average molecular weight is 345 g/mol. The van der Waals surface area contributed by atoms with Crippen LogP contribution in [0, 0.1) is 0 Å². The van der Waals surface area contributed by atoms with Gasteiger partial charge < -0.3 is 9.88 Å². The molecule has 128 valence electrons. The van der Waals surface area contributed by atoms with Gasteiger partial charge >= 0.3 is 0 Å². The number of carbonyl (C=O) groups is 1. The fourth-order valence-electron chi connectivity index (χ4n) is 2.91. The fraction of sp³-hybridized carbons (Fsp3) is 0.167. The van der Waals surface area contributed by atoms with Crippen molar-refractivity contribution in [1.82, 2.24) is 29.3 Å². The Kier molecular flexibility index (Phi) is 3.27. The SMILES string of the molecule is O=C(Nc1ccc(-n2cncn2)cc1)c1cnc2c(c1)ncn2C1CC1. The van der Waals surface area contributed by atoms with Gasteiger partial charge in [-0.1, -0.05) is 0 Å². The summed E-state index contributed by atoms with van der Waals surface area (Å²) in [6, 6.07) is 9.66. The maximum Gasteiger partial charge on any atom is 0.257 e. The van der Waals surface area contributed by atoms with Gasteiger partial charge in [0.05, 0.1) is 17.6 Å². The smallest absolute Gasteiger partial charge is 0.257 e. The van der Waals surface area contributed by atoms with Crippen LogP contribution in [-0.4, -0.2) is 35.2 Å². The van der Waals surface area contributed by atoms with Gasteiger partial charge in [0.2, 0.25) is 0 Å². The monoisotopic (exact) mass is 345 g/mol. The molecule has 5 rings (SSSR count).